The van der Waals surface area contributed by atoms with Gasteiger partial charge in [-0.3, -0.25) is 4.99 Å². The van der Waals surface area contributed by atoms with Gasteiger partial charge in [0.05, 0.1) is 19.0 Å². The van der Waals surface area contributed by atoms with Gasteiger partial charge in [0.1, 0.15) is 9.84 Å². The van der Waals surface area contributed by atoms with E-state index < -0.39 is 9.84 Å². The summed E-state index contributed by atoms with van der Waals surface area (Å²) in [4.78, 5) is 4.17. The fourth-order valence-electron chi connectivity index (χ4n) is 2.85. The molecule has 144 valence electrons. The SMILES string of the molecule is CN=C(NCCCC1CCCCC1)NCCOCCS(C)(=O)=O.I. The third kappa shape index (κ3) is 13.2. The molecular formula is C16H34IN3O3S. The predicted octanol–water partition coefficient (Wildman–Crippen LogP) is 2.19. The number of aliphatic imine (C=N–C) groups is 1. The van der Waals surface area contributed by atoms with Gasteiger partial charge >= 0.3 is 0 Å². The molecule has 1 rings (SSSR count). The maximum absolute atomic E-state index is 11.0. The molecule has 1 saturated carbocycles. The van der Waals surface area contributed by atoms with E-state index in [0.29, 0.717) is 13.2 Å². The van der Waals surface area contributed by atoms with E-state index in [2.05, 4.69) is 15.6 Å². The van der Waals surface area contributed by atoms with E-state index in [1.54, 1.807) is 7.05 Å². The van der Waals surface area contributed by atoms with Crippen molar-refractivity contribution in [1.29, 1.82) is 0 Å². The minimum Gasteiger partial charge on any atom is -0.379 e. The highest BCUT2D eigenvalue weighted by atomic mass is 127. The van der Waals surface area contributed by atoms with Crippen LogP contribution in [-0.2, 0) is 14.6 Å². The van der Waals surface area contributed by atoms with Crippen molar-refractivity contribution in [1.82, 2.24) is 10.6 Å². The number of halogens is 1. The van der Waals surface area contributed by atoms with Crippen molar-refractivity contribution in [3.8, 4) is 0 Å². The van der Waals surface area contributed by atoms with Crippen molar-refractivity contribution in [2.75, 3.05) is 45.4 Å². The van der Waals surface area contributed by atoms with Crippen LogP contribution in [0.1, 0.15) is 44.9 Å². The first-order chi connectivity index (χ1) is 11.0. The van der Waals surface area contributed by atoms with Gasteiger partial charge < -0.3 is 15.4 Å². The van der Waals surface area contributed by atoms with Crippen LogP contribution in [0.15, 0.2) is 4.99 Å². The normalized spacial score (nSPS) is 16.5. The van der Waals surface area contributed by atoms with Crippen molar-refractivity contribution in [2.24, 2.45) is 10.9 Å². The molecule has 8 heteroatoms. The molecule has 1 aliphatic rings. The van der Waals surface area contributed by atoms with Gasteiger partial charge in [-0.1, -0.05) is 32.1 Å². The Balaban J connectivity index is 0.00000529. The molecule has 6 nitrogen and oxygen atoms in total. The molecule has 0 heterocycles. The maximum Gasteiger partial charge on any atom is 0.191 e. The number of sulfone groups is 1. The zero-order valence-electron chi connectivity index (χ0n) is 15.1. The average molecular weight is 475 g/mol. The van der Waals surface area contributed by atoms with Crippen molar-refractivity contribution in [2.45, 2.75) is 44.9 Å². The molecule has 0 radical (unpaired) electrons. The number of hydrogen-bond acceptors (Lipinski definition) is 4. The Morgan fingerprint density at radius 1 is 1.12 bits per heavy atom. The van der Waals surface area contributed by atoms with E-state index in [0.717, 1.165) is 18.4 Å². The summed E-state index contributed by atoms with van der Waals surface area (Å²) >= 11 is 0. The fourth-order valence-corrected chi connectivity index (χ4v) is 3.27. The van der Waals surface area contributed by atoms with Crippen molar-refractivity contribution >= 4 is 39.8 Å². The molecule has 0 unspecified atom stereocenters. The lowest BCUT2D eigenvalue weighted by Crippen LogP contribution is -2.39. The van der Waals surface area contributed by atoms with Crippen molar-refractivity contribution in [3.05, 3.63) is 0 Å². The number of hydrogen-bond donors (Lipinski definition) is 2. The first kappa shape index (κ1) is 23.9. The average Bonchev–Trinajstić information content (AvgIpc) is 2.52. The summed E-state index contributed by atoms with van der Waals surface area (Å²) in [6.45, 7) is 2.27. The van der Waals surface area contributed by atoms with Gasteiger partial charge in [0, 0.05) is 26.4 Å². The zero-order chi connectivity index (χ0) is 17.0. The van der Waals surface area contributed by atoms with Gasteiger partial charge in [-0.05, 0) is 18.8 Å². The Morgan fingerprint density at radius 2 is 1.79 bits per heavy atom. The van der Waals surface area contributed by atoms with Crippen molar-refractivity contribution in [3.63, 3.8) is 0 Å². The van der Waals surface area contributed by atoms with Gasteiger partial charge in [0.15, 0.2) is 5.96 Å². The van der Waals surface area contributed by atoms with Crippen LogP contribution < -0.4 is 10.6 Å². The Labute approximate surface area is 164 Å². The van der Waals surface area contributed by atoms with E-state index in [1.807, 2.05) is 0 Å². The van der Waals surface area contributed by atoms with Crippen LogP contribution >= 0.6 is 24.0 Å². The summed E-state index contributed by atoms with van der Waals surface area (Å²) in [5, 5.41) is 6.48. The summed E-state index contributed by atoms with van der Waals surface area (Å²) in [5.41, 5.74) is 0. The molecule has 0 aromatic heterocycles. The number of ether oxygens (including phenoxy) is 1. The molecule has 0 atom stereocenters. The van der Waals surface area contributed by atoms with Crippen LogP contribution in [0.5, 0.6) is 0 Å². The third-order valence-electron chi connectivity index (χ3n) is 4.17. The summed E-state index contributed by atoms with van der Waals surface area (Å²) in [6, 6.07) is 0. The zero-order valence-corrected chi connectivity index (χ0v) is 18.2. The van der Waals surface area contributed by atoms with Gasteiger partial charge in [0.25, 0.3) is 0 Å². The molecule has 0 aromatic carbocycles. The van der Waals surface area contributed by atoms with Gasteiger partial charge in [0.2, 0.25) is 0 Å². The molecular weight excluding hydrogens is 441 g/mol. The minimum absolute atomic E-state index is 0. The Kier molecular flexibility index (Phi) is 14.1. The predicted molar refractivity (Wildman–Crippen MR) is 111 cm³/mol. The van der Waals surface area contributed by atoms with Gasteiger partial charge in [-0.25, -0.2) is 8.42 Å². The van der Waals surface area contributed by atoms with E-state index in [4.69, 9.17) is 4.74 Å². The van der Waals surface area contributed by atoms with Gasteiger partial charge in [-0.15, -0.1) is 24.0 Å². The van der Waals surface area contributed by atoms with Crippen LogP contribution in [-0.4, -0.2) is 59.7 Å². The smallest absolute Gasteiger partial charge is 0.191 e. The molecule has 2 N–H and O–H groups in total. The number of guanidine groups is 1. The first-order valence-corrected chi connectivity index (χ1v) is 10.8. The van der Waals surface area contributed by atoms with E-state index in [-0.39, 0.29) is 36.3 Å². The lowest BCUT2D eigenvalue weighted by Gasteiger charge is -2.21. The molecule has 0 saturated heterocycles. The Hall–Kier alpha value is -0.0900. The highest BCUT2D eigenvalue weighted by Crippen LogP contribution is 2.26. The summed E-state index contributed by atoms with van der Waals surface area (Å²) < 4.78 is 27.2. The van der Waals surface area contributed by atoms with E-state index in [1.165, 1.54) is 51.2 Å². The van der Waals surface area contributed by atoms with Crippen LogP contribution in [0.3, 0.4) is 0 Å². The van der Waals surface area contributed by atoms with Crippen molar-refractivity contribution < 1.29 is 13.2 Å². The number of nitrogens with one attached hydrogen (secondary N) is 2. The van der Waals surface area contributed by atoms with Crippen LogP contribution in [0.2, 0.25) is 0 Å². The fraction of sp³-hybridized carbons (Fsp3) is 0.938. The third-order valence-corrected chi connectivity index (χ3v) is 5.08. The second kappa shape index (κ2) is 14.1. The molecule has 0 amide bonds. The van der Waals surface area contributed by atoms with E-state index >= 15 is 0 Å². The quantitative estimate of drug-likeness (QED) is 0.219. The van der Waals surface area contributed by atoms with E-state index in [9.17, 15) is 8.42 Å². The largest absolute Gasteiger partial charge is 0.379 e. The van der Waals surface area contributed by atoms with Crippen LogP contribution in [0.25, 0.3) is 0 Å². The molecule has 0 spiro atoms. The second-order valence-electron chi connectivity index (χ2n) is 6.31. The number of nitrogens with zero attached hydrogens (tertiary/aromatic N) is 1. The van der Waals surface area contributed by atoms with Crippen LogP contribution in [0.4, 0.5) is 0 Å². The lowest BCUT2D eigenvalue weighted by atomic mass is 9.86. The Morgan fingerprint density at radius 3 is 2.42 bits per heavy atom. The maximum atomic E-state index is 11.0. The van der Waals surface area contributed by atoms with Crippen LogP contribution in [0, 0.1) is 5.92 Å². The molecule has 0 aromatic rings. The van der Waals surface area contributed by atoms with Gasteiger partial charge in [-0.2, -0.15) is 0 Å². The first-order valence-electron chi connectivity index (χ1n) is 8.71. The summed E-state index contributed by atoms with van der Waals surface area (Å²) in [6.07, 6.45) is 10.7. The highest BCUT2D eigenvalue weighted by Gasteiger charge is 2.12. The topological polar surface area (TPSA) is 79.8 Å². The lowest BCUT2D eigenvalue weighted by molar-refractivity contribution is 0.154. The summed E-state index contributed by atoms with van der Waals surface area (Å²) in [7, 11) is -1.19. The molecule has 0 bridgehead atoms. The minimum atomic E-state index is -2.94. The molecule has 1 fully saturated rings. The Bertz CT molecular complexity index is 438. The molecule has 24 heavy (non-hydrogen) atoms. The highest BCUT2D eigenvalue weighted by molar-refractivity contribution is 14.0. The number of rotatable bonds is 10. The monoisotopic (exact) mass is 475 g/mol. The molecule has 0 aliphatic heterocycles. The second-order valence-corrected chi connectivity index (χ2v) is 8.57. The summed E-state index contributed by atoms with van der Waals surface area (Å²) in [5.74, 6) is 1.77. The standard InChI is InChI=1S/C16H33N3O3S.HI/c1-17-16(19-11-12-22-13-14-23(2,20)21)18-10-6-9-15-7-4-3-5-8-15;/h15H,3-14H2,1-2H3,(H2,17,18,19);1H. The molecule has 1 aliphatic carbocycles.